The van der Waals surface area contributed by atoms with Gasteiger partial charge < -0.3 is 0 Å². The molecule has 2 nitrogen and oxygen atoms in total. The predicted octanol–water partition coefficient (Wildman–Crippen LogP) is 0.421. The van der Waals surface area contributed by atoms with Gasteiger partial charge in [-0.05, 0) is 12.8 Å². The number of nitrogens with zero attached hydrogens (tertiary/aromatic N) is 1. The standard InChI is InChI=1S/C6H13N2/c1-2-5-8-6-3-4-7-8/h7H,1-6H2. The normalized spacial score (nSPS) is 22.1. The number of nitrogens with one attached hydrogen (secondary N) is 1. The Morgan fingerprint density at radius 1 is 1.62 bits per heavy atom. The topological polar surface area (TPSA) is 15.3 Å². The first-order valence-corrected chi connectivity index (χ1v) is 3.21. The van der Waals surface area contributed by atoms with Crippen molar-refractivity contribution in [3.63, 3.8) is 0 Å². The molecule has 1 heterocycles. The van der Waals surface area contributed by atoms with Gasteiger partial charge in [-0.3, -0.25) is 5.43 Å². The lowest BCUT2D eigenvalue weighted by Crippen LogP contribution is -2.31. The first-order chi connectivity index (χ1) is 3.93. The van der Waals surface area contributed by atoms with Crippen LogP contribution in [0.4, 0.5) is 0 Å². The predicted molar refractivity (Wildman–Crippen MR) is 34.2 cm³/mol. The number of hydrogen-bond donors (Lipinski definition) is 1. The van der Waals surface area contributed by atoms with Gasteiger partial charge in [-0.25, -0.2) is 5.01 Å². The second kappa shape index (κ2) is 3.05. The third-order valence-electron chi connectivity index (χ3n) is 1.37. The van der Waals surface area contributed by atoms with E-state index in [0.717, 1.165) is 19.5 Å². The molecular formula is C6H13N2. The molecule has 47 valence electrons. The summed E-state index contributed by atoms with van der Waals surface area (Å²) in [4.78, 5) is 0. The summed E-state index contributed by atoms with van der Waals surface area (Å²) in [5, 5.41) is 2.23. The largest absolute Gasteiger partial charge is 0.255 e. The Hall–Kier alpha value is -0.0800. The molecule has 1 rings (SSSR count). The highest BCUT2D eigenvalue weighted by Crippen LogP contribution is 1.95. The van der Waals surface area contributed by atoms with Crippen molar-refractivity contribution in [2.45, 2.75) is 12.8 Å². The maximum atomic E-state index is 3.77. The van der Waals surface area contributed by atoms with E-state index in [1.807, 2.05) is 0 Å². The lowest BCUT2D eigenvalue weighted by Gasteiger charge is -2.12. The first kappa shape index (κ1) is 6.05. The minimum Gasteiger partial charge on any atom is -0.255 e. The number of hydrazine groups is 1. The van der Waals surface area contributed by atoms with Gasteiger partial charge in [0.1, 0.15) is 0 Å². The van der Waals surface area contributed by atoms with Crippen molar-refractivity contribution >= 4 is 0 Å². The Labute approximate surface area is 50.8 Å². The third kappa shape index (κ3) is 1.46. The molecule has 0 bridgehead atoms. The van der Waals surface area contributed by atoms with E-state index in [-0.39, 0.29) is 0 Å². The summed E-state index contributed by atoms with van der Waals surface area (Å²) < 4.78 is 0. The molecule has 0 unspecified atom stereocenters. The maximum Gasteiger partial charge on any atom is 0.0143 e. The lowest BCUT2D eigenvalue weighted by atomic mass is 10.4. The van der Waals surface area contributed by atoms with Gasteiger partial charge >= 0.3 is 0 Å². The smallest absolute Gasteiger partial charge is 0.0143 e. The van der Waals surface area contributed by atoms with Gasteiger partial charge in [-0.2, -0.15) is 0 Å². The molecule has 0 aromatic rings. The lowest BCUT2D eigenvalue weighted by molar-refractivity contribution is 0.258. The van der Waals surface area contributed by atoms with Gasteiger partial charge in [0.05, 0.1) is 0 Å². The molecule has 0 saturated carbocycles. The molecule has 1 aliphatic heterocycles. The summed E-state index contributed by atoms with van der Waals surface area (Å²) >= 11 is 0. The van der Waals surface area contributed by atoms with E-state index in [1.54, 1.807) is 0 Å². The molecule has 8 heavy (non-hydrogen) atoms. The zero-order valence-electron chi connectivity index (χ0n) is 5.19. The van der Waals surface area contributed by atoms with Gasteiger partial charge in [0.2, 0.25) is 0 Å². The summed E-state index contributed by atoms with van der Waals surface area (Å²) in [7, 11) is 0. The van der Waals surface area contributed by atoms with Crippen LogP contribution in [-0.2, 0) is 0 Å². The van der Waals surface area contributed by atoms with Gasteiger partial charge in [-0.1, -0.05) is 6.92 Å². The van der Waals surface area contributed by atoms with Crippen LogP contribution < -0.4 is 5.43 Å². The van der Waals surface area contributed by atoms with Crippen LogP contribution in [-0.4, -0.2) is 24.6 Å². The summed E-state index contributed by atoms with van der Waals surface area (Å²) in [5.74, 6) is 0. The minimum absolute atomic E-state index is 1.01. The minimum atomic E-state index is 1.01. The van der Waals surface area contributed by atoms with E-state index >= 15 is 0 Å². The fourth-order valence-corrected chi connectivity index (χ4v) is 0.968. The van der Waals surface area contributed by atoms with Gasteiger partial charge in [0.15, 0.2) is 0 Å². The van der Waals surface area contributed by atoms with Crippen LogP contribution in [0.5, 0.6) is 0 Å². The number of hydrogen-bond acceptors (Lipinski definition) is 2. The molecular weight excluding hydrogens is 100 g/mol. The Balaban J connectivity index is 2.06. The molecule has 0 aliphatic carbocycles. The highest BCUT2D eigenvalue weighted by Gasteiger charge is 2.07. The second-order valence-corrected chi connectivity index (χ2v) is 2.10. The molecule has 1 fully saturated rings. The van der Waals surface area contributed by atoms with Crippen LogP contribution in [0.3, 0.4) is 0 Å². The summed E-state index contributed by atoms with van der Waals surface area (Å²) in [6.45, 7) is 7.22. The van der Waals surface area contributed by atoms with Crippen molar-refractivity contribution in [2.75, 3.05) is 19.6 Å². The first-order valence-electron chi connectivity index (χ1n) is 3.21. The maximum absolute atomic E-state index is 3.77. The second-order valence-electron chi connectivity index (χ2n) is 2.10. The van der Waals surface area contributed by atoms with E-state index in [4.69, 9.17) is 0 Å². The molecule has 0 amide bonds. The van der Waals surface area contributed by atoms with Gasteiger partial charge in [-0.15, -0.1) is 0 Å². The van der Waals surface area contributed by atoms with Crippen LogP contribution in [0, 0.1) is 6.92 Å². The van der Waals surface area contributed by atoms with E-state index < -0.39 is 0 Å². The summed E-state index contributed by atoms with van der Waals surface area (Å²) in [6.07, 6.45) is 2.30. The Kier molecular flexibility index (Phi) is 2.30. The van der Waals surface area contributed by atoms with Crippen LogP contribution in [0.1, 0.15) is 12.8 Å². The van der Waals surface area contributed by atoms with Gasteiger partial charge in [0.25, 0.3) is 0 Å². The van der Waals surface area contributed by atoms with E-state index in [9.17, 15) is 0 Å². The number of rotatable bonds is 2. The van der Waals surface area contributed by atoms with E-state index in [1.165, 1.54) is 13.0 Å². The van der Waals surface area contributed by atoms with Crippen molar-refractivity contribution in [1.29, 1.82) is 0 Å². The average Bonchev–Trinajstić information content (AvgIpc) is 2.19. The van der Waals surface area contributed by atoms with E-state index in [0.29, 0.717) is 0 Å². The summed E-state index contributed by atoms with van der Waals surface area (Å²) in [6, 6.07) is 0. The third-order valence-corrected chi connectivity index (χ3v) is 1.37. The van der Waals surface area contributed by atoms with Crippen molar-refractivity contribution in [3.8, 4) is 0 Å². The van der Waals surface area contributed by atoms with Gasteiger partial charge in [0, 0.05) is 19.6 Å². The quantitative estimate of drug-likeness (QED) is 0.558. The van der Waals surface area contributed by atoms with Crippen LogP contribution in [0.2, 0.25) is 0 Å². The Bertz CT molecular complexity index is 57.5. The monoisotopic (exact) mass is 113 g/mol. The zero-order chi connectivity index (χ0) is 5.82. The SMILES string of the molecule is [CH2]CCN1CCCN1. The average molecular weight is 113 g/mol. The van der Waals surface area contributed by atoms with Crippen molar-refractivity contribution in [3.05, 3.63) is 6.92 Å². The Morgan fingerprint density at radius 2 is 2.50 bits per heavy atom. The van der Waals surface area contributed by atoms with Crippen LogP contribution in [0.25, 0.3) is 0 Å². The molecule has 1 saturated heterocycles. The molecule has 1 N–H and O–H groups in total. The molecule has 2 heteroatoms. The molecule has 0 spiro atoms. The van der Waals surface area contributed by atoms with Crippen molar-refractivity contribution in [1.82, 2.24) is 10.4 Å². The highest BCUT2D eigenvalue weighted by atomic mass is 15.5. The Morgan fingerprint density at radius 3 is 3.00 bits per heavy atom. The highest BCUT2D eigenvalue weighted by molar-refractivity contribution is 4.61. The summed E-state index contributed by atoms with van der Waals surface area (Å²) in [5.41, 5.74) is 3.25. The van der Waals surface area contributed by atoms with Crippen LogP contribution >= 0.6 is 0 Å². The fraction of sp³-hybridized carbons (Fsp3) is 0.833. The fourth-order valence-electron chi connectivity index (χ4n) is 0.968. The molecule has 0 aromatic carbocycles. The molecule has 0 aromatic heterocycles. The van der Waals surface area contributed by atoms with Crippen molar-refractivity contribution < 1.29 is 0 Å². The van der Waals surface area contributed by atoms with Crippen molar-refractivity contribution in [2.24, 2.45) is 0 Å². The van der Waals surface area contributed by atoms with Crippen LogP contribution in [0.15, 0.2) is 0 Å². The zero-order valence-corrected chi connectivity index (χ0v) is 5.19. The molecule has 1 aliphatic rings. The molecule has 0 atom stereocenters. The molecule has 1 radical (unpaired) electrons. The van der Waals surface area contributed by atoms with E-state index in [2.05, 4.69) is 17.4 Å².